The number of aldehydes is 1. The van der Waals surface area contributed by atoms with Gasteiger partial charge in [0, 0.05) is 24.8 Å². The van der Waals surface area contributed by atoms with E-state index in [1.807, 2.05) is 0 Å². The first kappa shape index (κ1) is 20.4. The fraction of sp³-hybridized carbons (Fsp3) is 0.381. The molecule has 0 saturated heterocycles. The maximum Gasteiger partial charge on any atom is 0.343 e. The Hall–Kier alpha value is -2.89. The van der Waals surface area contributed by atoms with Gasteiger partial charge in [-0.1, -0.05) is 18.2 Å². The molecule has 1 aromatic rings. The highest BCUT2D eigenvalue weighted by Gasteiger charge is 2.22. The van der Waals surface area contributed by atoms with Gasteiger partial charge in [-0.05, 0) is 37.5 Å². The van der Waals surface area contributed by atoms with Crippen LogP contribution in [-0.4, -0.2) is 36.4 Å². The number of benzene rings is 1. The number of rotatable bonds is 2. The highest BCUT2D eigenvalue weighted by Crippen LogP contribution is 2.30. The zero-order chi connectivity index (χ0) is 20.0. The van der Waals surface area contributed by atoms with Gasteiger partial charge in [0.05, 0.1) is 7.11 Å². The molecular weight excluding hydrogens is 348 g/mol. The summed E-state index contributed by atoms with van der Waals surface area (Å²) in [5.74, 6) is -1.02. The monoisotopic (exact) mass is 372 g/mol. The Morgan fingerprint density at radius 2 is 2.04 bits per heavy atom. The number of ketones is 1. The predicted octanol–water partition coefficient (Wildman–Crippen LogP) is 3.47. The third-order valence-electron chi connectivity index (χ3n) is 4.56. The van der Waals surface area contributed by atoms with Crippen molar-refractivity contribution in [1.82, 2.24) is 0 Å². The number of esters is 1. The highest BCUT2D eigenvalue weighted by atomic mass is 16.5. The quantitative estimate of drug-likeness (QED) is 0.486. The number of hydrogen-bond acceptors (Lipinski definition) is 6. The van der Waals surface area contributed by atoms with Gasteiger partial charge >= 0.3 is 5.97 Å². The summed E-state index contributed by atoms with van der Waals surface area (Å²) in [4.78, 5) is 36.0. The molecule has 1 aliphatic heterocycles. The molecule has 0 aliphatic carbocycles. The minimum atomic E-state index is -0.676. The summed E-state index contributed by atoms with van der Waals surface area (Å²) in [5, 5.41) is 10.3. The molecule has 1 N–H and O–H groups in total. The summed E-state index contributed by atoms with van der Waals surface area (Å²) in [6.45, 7) is 3.47. The van der Waals surface area contributed by atoms with E-state index < -0.39 is 18.0 Å². The molecule has 0 saturated carbocycles. The molecule has 0 spiro atoms. The first-order chi connectivity index (χ1) is 12.8. The van der Waals surface area contributed by atoms with Gasteiger partial charge in [-0.25, -0.2) is 4.79 Å². The largest absolute Gasteiger partial charge is 0.507 e. The lowest BCUT2D eigenvalue weighted by Crippen LogP contribution is -2.18. The van der Waals surface area contributed by atoms with Crippen molar-refractivity contribution in [2.24, 2.45) is 5.92 Å². The molecule has 144 valence electrons. The van der Waals surface area contributed by atoms with Crippen LogP contribution in [0.25, 0.3) is 6.08 Å². The van der Waals surface area contributed by atoms with Crippen LogP contribution in [0.3, 0.4) is 0 Å². The number of hydrogen-bond donors (Lipinski definition) is 1. The van der Waals surface area contributed by atoms with E-state index in [1.54, 1.807) is 38.1 Å². The van der Waals surface area contributed by atoms with Gasteiger partial charge in [0.25, 0.3) is 0 Å². The number of carbonyl (C=O) groups excluding carboxylic acids is 3. The van der Waals surface area contributed by atoms with Gasteiger partial charge in [0.15, 0.2) is 0 Å². The fourth-order valence-electron chi connectivity index (χ4n) is 2.78. The number of Topliss-reactive ketones (excluding diaryl/α,β-unsaturated/α-hetero) is 1. The molecule has 0 aromatic heterocycles. The van der Waals surface area contributed by atoms with Crippen LogP contribution in [0.4, 0.5) is 0 Å². The molecule has 0 amide bonds. The molecular formula is C21H24O6. The molecule has 2 rings (SSSR count). The number of fused-ring (bicyclic) bond motifs is 1. The van der Waals surface area contributed by atoms with E-state index in [-0.39, 0.29) is 29.9 Å². The number of methoxy groups -OCH3 is 1. The smallest absolute Gasteiger partial charge is 0.343 e. The minimum absolute atomic E-state index is 0.0301. The zero-order valence-corrected chi connectivity index (χ0v) is 15.7. The Morgan fingerprint density at radius 3 is 2.70 bits per heavy atom. The number of cyclic esters (lactones) is 1. The molecule has 2 atom stereocenters. The molecule has 1 heterocycles. The normalized spacial score (nSPS) is 21.5. The van der Waals surface area contributed by atoms with Crippen LogP contribution in [0.15, 0.2) is 29.9 Å². The van der Waals surface area contributed by atoms with Crippen molar-refractivity contribution in [2.45, 2.75) is 39.2 Å². The Bertz CT molecular complexity index is 790. The summed E-state index contributed by atoms with van der Waals surface area (Å²) in [5.41, 5.74) is 1.17. The zero-order valence-electron chi connectivity index (χ0n) is 15.7. The molecule has 27 heavy (non-hydrogen) atoms. The molecule has 6 heteroatoms. The second-order valence-electron chi connectivity index (χ2n) is 6.59. The third kappa shape index (κ3) is 5.29. The van der Waals surface area contributed by atoms with Gasteiger partial charge in [-0.3, -0.25) is 4.79 Å². The van der Waals surface area contributed by atoms with Crippen LogP contribution in [0.5, 0.6) is 11.5 Å². The van der Waals surface area contributed by atoms with E-state index >= 15 is 0 Å². The maximum atomic E-state index is 12.6. The number of carbonyl (C=O) groups is 3. The standard InChI is InChI=1S/C21H24O6/c1-13-7-8-17(23)9-15(12-22)5-4-6-16-10-18(26-3)11-19(24)20(16)21(25)27-14(13)2/h4,6-7,10-12,14-15,24H,5,8-9H2,1-3H3/t14-,15?/m0/s1. The van der Waals surface area contributed by atoms with Crippen LogP contribution < -0.4 is 4.74 Å². The number of phenols is 1. The molecule has 1 aromatic carbocycles. The topological polar surface area (TPSA) is 89.9 Å². The molecule has 1 aliphatic rings. The summed E-state index contributed by atoms with van der Waals surface area (Å²) in [6, 6.07) is 2.95. The second kappa shape index (κ2) is 9.16. The van der Waals surface area contributed by atoms with Crippen molar-refractivity contribution in [3.63, 3.8) is 0 Å². The molecule has 0 fully saturated rings. The van der Waals surface area contributed by atoms with Gasteiger partial charge in [0.1, 0.15) is 35.2 Å². The Kier molecular flexibility index (Phi) is 6.93. The summed E-state index contributed by atoms with van der Waals surface area (Å²) in [6.07, 6.45) is 5.92. The van der Waals surface area contributed by atoms with Gasteiger partial charge < -0.3 is 19.4 Å². The van der Waals surface area contributed by atoms with Gasteiger partial charge in [0.2, 0.25) is 0 Å². The first-order valence-electron chi connectivity index (χ1n) is 8.77. The van der Waals surface area contributed by atoms with Crippen LogP contribution in [0, 0.1) is 5.92 Å². The Labute approximate surface area is 158 Å². The minimum Gasteiger partial charge on any atom is -0.507 e. The van der Waals surface area contributed by atoms with E-state index in [0.717, 1.165) is 11.9 Å². The van der Waals surface area contributed by atoms with Crippen molar-refractivity contribution in [3.05, 3.63) is 41.0 Å². The van der Waals surface area contributed by atoms with E-state index in [0.29, 0.717) is 17.7 Å². The van der Waals surface area contributed by atoms with E-state index in [9.17, 15) is 19.5 Å². The summed E-state index contributed by atoms with van der Waals surface area (Å²) < 4.78 is 10.6. The highest BCUT2D eigenvalue weighted by molar-refractivity contribution is 5.97. The Balaban J connectivity index is 2.50. The molecule has 0 radical (unpaired) electrons. The van der Waals surface area contributed by atoms with Gasteiger partial charge in [-0.2, -0.15) is 0 Å². The van der Waals surface area contributed by atoms with Crippen LogP contribution in [0.1, 0.15) is 49.0 Å². The predicted molar refractivity (Wildman–Crippen MR) is 101 cm³/mol. The number of ether oxygens (including phenoxy) is 2. The van der Waals surface area contributed by atoms with Crippen molar-refractivity contribution >= 4 is 24.1 Å². The SMILES string of the molecule is COc1cc(O)c2c(c1)C=CCC(C=O)CC(=O)CC=C(C)[C@H](C)OC2=O. The fourth-order valence-corrected chi connectivity index (χ4v) is 2.78. The maximum absolute atomic E-state index is 12.6. The average molecular weight is 372 g/mol. The van der Waals surface area contributed by atoms with E-state index in [2.05, 4.69) is 0 Å². The van der Waals surface area contributed by atoms with Crippen LogP contribution >= 0.6 is 0 Å². The summed E-state index contributed by atoms with van der Waals surface area (Å²) >= 11 is 0. The average Bonchev–Trinajstić information content (AvgIpc) is 2.63. The lowest BCUT2D eigenvalue weighted by atomic mass is 9.96. The molecule has 1 unspecified atom stereocenters. The molecule has 6 nitrogen and oxygen atoms in total. The first-order valence-corrected chi connectivity index (χ1v) is 8.77. The lowest BCUT2D eigenvalue weighted by Gasteiger charge is -2.17. The van der Waals surface area contributed by atoms with Crippen molar-refractivity contribution in [1.29, 1.82) is 0 Å². The van der Waals surface area contributed by atoms with Crippen LogP contribution in [-0.2, 0) is 14.3 Å². The summed E-state index contributed by atoms with van der Waals surface area (Å²) in [7, 11) is 1.45. The van der Waals surface area contributed by atoms with E-state index in [4.69, 9.17) is 9.47 Å². The number of phenolic OH excluding ortho intramolecular Hbond substituents is 1. The second-order valence-corrected chi connectivity index (χ2v) is 6.59. The number of aromatic hydroxyl groups is 1. The van der Waals surface area contributed by atoms with Crippen LogP contribution in [0.2, 0.25) is 0 Å². The van der Waals surface area contributed by atoms with Crippen molar-refractivity contribution in [3.8, 4) is 11.5 Å². The third-order valence-corrected chi connectivity index (χ3v) is 4.56. The van der Waals surface area contributed by atoms with Gasteiger partial charge in [-0.15, -0.1) is 0 Å². The Morgan fingerprint density at radius 1 is 1.30 bits per heavy atom. The van der Waals surface area contributed by atoms with E-state index in [1.165, 1.54) is 13.2 Å². The number of allylic oxidation sites excluding steroid dienone is 2. The molecule has 0 bridgehead atoms. The van der Waals surface area contributed by atoms with Crippen molar-refractivity contribution in [2.75, 3.05) is 7.11 Å². The van der Waals surface area contributed by atoms with Crippen molar-refractivity contribution < 1.29 is 29.0 Å². The lowest BCUT2D eigenvalue weighted by molar-refractivity contribution is -0.122.